The lowest BCUT2D eigenvalue weighted by Gasteiger charge is -2.21. The number of hydrogen-bond acceptors (Lipinski definition) is 3. The molecule has 1 saturated heterocycles. The van der Waals surface area contributed by atoms with Gasteiger partial charge in [-0.15, -0.1) is 11.6 Å². The van der Waals surface area contributed by atoms with Crippen LogP contribution in [0.2, 0.25) is 0 Å². The van der Waals surface area contributed by atoms with Gasteiger partial charge in [-0.3, -0.25) is 0 Å². The average Bonchev–Trinajstić information content (AvgIpc) is 2.86. The highest BCUT2D eigenvalue weighted by Gasteiger charge is 2.32. The van der Waals surface area contributed by atoms with Crippen molar-refractivity contribution in [2.45, 2.75) is 43.5 Å². The molecule has 1 heterocycles. The van der Waals surface area contributed by atoms with Crippen LogP contribution in [0.15, 0.2) is 23.1 Å². The molecule has 1 unspecified atom stereocenters. The summed E-state index contributed by atoms with van der Waals surface area (Å²) in [6.45, 7) is 4.95. The van der Waals surface area contributed by atoms with Gasteiger partial charge in [-0.05, 0) is 44.9 Å². The van der Waals surface area contributed by atoms with Gasteiger partial charge in [0.15, 0.2) is 0 Å². The summed E-state index contributed by atoms with van der Waals surface area (Å²) in [5, 5.41) is 0. The van der Waals surface area contributed by atoms with E-state index in [0.29, 0.717) is 29.4 Å². The quantitative estimate of drug-likeness (QED) is 0.784. The molecule has 1 aliphatic heterocycles. The maximum atomic E-state index is 12.6. The van der Waals surface area contributed by atoms with Crippen LogP contribution in [0.1, 0.15) is 32.3 Å². The molecule has 2 rings (SSSR count). The van der Waals surface area contributed by atoms with E-state index >= 15 is 0 Å². The second-order valence-electron chi connectivity index (χ2n) is 4.94. The van der Waals surface area contributed by atoms with E-state index in [1.165, 1.54) is 0 Å². The van der Waals surface area contributed by atoms with Gasteiger partial charge in [0.1, 0.15) is 5.75 Å². The summed E-state index contributed by atoms with van der Waals surface area (Å²) in [6, 6.07) is 4.97. The number of nitrogens with zero attached hydrogens (tertiary/aromatic N) is 1. The molecular formula is C14H20ClNO3S. The molecule has 6 heteroatoms. The number of alkyl halides is 1. The van der Waals surface area contributed by atoms with E-state index in [4.69, 9.17) is 16.3 Å². The molecule has 112 valence electrons. The van der Waals surface area contributed by atoms with Crippen molar-refractivity contribution in [3.63, 3.8) is 0 Å². The van der Waals surface area contributed by atoms with Crippen molar-refractivity contribution in [1.29, 1.82) is 0 Å². The first-order chi connectivity index (χ1) is 9.50. The van der Waals surface area contributed by atoms with Gasteiger partial charge in [0.25, 0.3) is 0 Å². The van der Waals surface area contributed by atoms with Gasteiger partial charge in [-0.1, -0.05) is 0 Å². The molecule has 20 heavy (non-hydrogen) atoms. The Labute approximate surface area is 125 Å². The van der Waals surface area contributed by atoms with Crippen LogP contribution in [-0.4, -0.2) is 31.9 Å². The summed E-state index contributed by atoms with van der Waals surface area (Å²) in [5.74, 6) is 0.879. The number of rotatable bonds is 5. The van der Waals surface area contributed by atoms with Crippen molar-refractivity contribution in [3.8, 4) is 5.75 Å². The van der Waals surface area contributed by atoms with E-state index in [0.717, 1.165) is 12.8 Å². The number of ether oxygens (including phenoxy) is 1. The Hall–Kier alpha value is -0.780. The fourth-order valence-electron chi connectivity index (χ4n) is 2.52. The van der Waals surface area contributed by atoms with Crippen molar-refractivity contribution in [2.24, 2.45) is 0 Å². The Morgan fingerprint density at radius 2 is 2.20 bits per heavy atom. The van der Waals surface area contributed by atoms with Gasteiger partial charge in [0.05, 0.1) is 17.4 Å². The van der Waals surface area contributed by atoms with Crippen LogP contribution in [-0.2, 0) is 15.9 Å². The van der Waals surface area contributed by atoms with Gasteiger partial charge < -0.3 is 4.74 Å². The predicted octanol–water partition coefficient (Wildman–Crippen LogP) is 3.00. The largest absolute Gasteiger partial charge is 0.494 e. The standard InChI is InChI=1S/C14H20ClNO3S/c1-3-19-14-7-6-13(9-12(14)10-15)20(17,18)16-8-4-5-11(16)2/h6-7,9,11H,3-5,8,10H2,1-2H3. The predicted molar refractivity (Wildman–Crippen MR) is 79.8 cm³/mol. The van der Waals surface area contributed by atoms with E-state index < -0.39 is 10.0 Å². The number of halogens is 1. The van der Waals surface area contributed by atoms with Crippen molar-refractivity contribution in [2.75, 3.05) is 13.2 Å². The third-order valence-corrected chi connectivity index (χ3v) is 5.87. The van der Waals surface area contributed by atoms with Crippen molar-refractivity contribution >= 4 is 21.6 Å². The molecule has 0 aromatic heterocycles. The molecule has 0 radical (unpaired) electrons. The lowest BCUT2D eigenvalue weighted by molar-refractivity contribution is 0.337. The fourth-order valence-corrected chi connectivity index (χ4v) is 4.48. The third-order valence-electron chi connectivity index (χ3n) is 3.57. The smallest absolute Gasteiger partial charge is 0.243 e. The lowest BCUT2D eigenvalue weighted by Crippen LogP contribution is -2.33. The molecule has 1 atom stereocenters. The first-order valence-electron chi connectivity index (χ1n) is 6.84. The minimum Gasteiger partial charge on any atom is -0.494 e. The van der Waals surface area contributed by atoms with Gasteiger partial charge >= 0.3 is 0 Å². The Morgan fingerprint density at radius 1 is 1.45 bits per heavy atom. The van der Waals surface area contributed by atoms with E-state index in [1.54, 1.807) is 22.5 Å². The zero-order valence-corrected chi connectivity index (χ0v) is 13.4. The molecule has 1 aromatic rings. The first-order valence-corrected chi connectivity index (χ1v) is 8.81. The summed E-state index contributed by atoms with van der Waals surface area (Å²) in [6.07, 6.45) is 1.83. The van der Waals surface area contributed by atoms with Crippen molar-refractivity contribution in [3.05, 3.63) is 23.8 Å². The highest BCUT2D eigenvalue weighted by Crippen LogP contribution is 2.29. The minimum atomic E-state index is -3.43. The van der Waals surface area contributed by atoms with Crippen molar-refractivity contribution in [1.82, 2.24) is 4.31 Å². The molecule has 4 nitrogen and oxygen atoms in total. The summed E-state index contributed by atoms with van der Waals surface area (Å²) in [7, 11) is -3.43. The molecule has 1 aliphatic rings. The SMILES string of the molecule is CCOc1ccc(S(=O)(=O)N2CCCC2C)cc1CCl. The van der Waals surface area contributed by atoms with E-state index in [-0.39, 0.29) is 11.9 Å². The van der Waals surface area contributed by atoms with Gasteiger partial charge in [-0.25, -0.2) is 8.42 Å². The van der Waals surface area contributed by atoms with E-state index in [1.807, 2.05) is 13.8 Å². The molecule has 0 saturated carbocycles. The van der Waals surface area contributed by atoms with E-state index in [9.17, 15) is 8.42 Å². The maximum Gasteiger partial charge on any atom is 0.243 e. The second kappa shape index (κ2) is 6.33. The zero-order chi connectivity index (χ0) is 14.8. The van der Waals surface area contributed by atoms with Crippen LogP contribution in [0.25, 0.3) is 0 Å². The van der Waals surface area contributed by atoms with Crippen LogP contribution >= 0.6 is 11.6 Å². The molecule has 0 spiro atoms. The third kappa shape index (κ3) is 2.95. The van der Waals surface area contributed by atoms with Crippen LogP contribution in [0.4, 0.5) is 0 Å². The Kier molecular flexibility index (Phi) is 4.94. The highest BCUT2D eigenvalue weighted by atomic mass is 35.5. The van der Waals surface area contributed by atoms with Gasteiger partial charge in [0, 0.05) is 18.2 Å². The molecule has 0 amide bonds. The molecular weight excluding hydrogens is 298 g/mol. The first kappa shape index (κ1) is 15.6. The van der Waals surface area contributed by atoms with Crippen LogP contribution in [0, 0.1) is 0 Å². The van der Waals surface area contributed by atoms with Crippen LogP contribution in [0.3, 0.4) is 0 Å². The lowest BCUT2D eigenvalue weighted by atomic mass is 10.2. The molecule has 0 bridgehead atoms. The Bertz CT molecular complexity index is 574. The molecule has 1 aromatic carbocycles. The summed E-state index contributed by atoms with van der Waals surface area (Å²) < 4.78 is 32.3. The highest BCUT2D eigenvalue weighted by molar-refractivity contribution is 7.89. The van der Waals surface area contributed by atoms with Crippen molar-refractivity contribution < 1.29 is 13.2 Å². The molecule has 1 fully saturated rings. The van der Waals surface area contributed by atoms with Gasteiger partial charge in [-0.2, -0.15) is 4.31 Å². The fraction of sp³-hybridized carbons (Fsp3) is 0.571. The number of benzene rings is 1. The maximum absolute atomic E-state index is 12.6. The van der Waals surface area contributed by atoms with Crippen LogP contribution < -0.4 is 4.74 Å². The zero-order valence-electron chi connectivity index (χ0n) is 11.8. The topological polar surface area (TPSA) is 46.6 Å². The molecule has 0 aliphatic carbocycles. The number of hydrogen-bond donors (Lipinski definition) is 0. The summed E-state index contributed by atoms with van der Waals surface area (Å²) in [4.78, 5) is 0.297. The summed E-state index contributed by atoms with van der Waals surface area (Å²) in [5.41, 5.74) is 0.710. The minimum absolute atomic E-state index is 0.0611. The average molecular weight is 318 g/mol. The van der Waals surface area contributed by atoms with Gasteiger partial charge in [0.2, 0.25) is 10.0 Å². The molecule has 0 N–H and O–H groups in total. The normalized spacial score (nSPS) is 20.2. The summed E-state index contributed by atoms with van der Waals surface area (Å²) >= 11 is 5.89. The number of sulfonamides is 1. The monoisotopic (exact) mass is 317 g/mol. The van der Waals surface area contributed by atoms with Crippen LogP contribution in [0.5, 0.6) is 5.75 Å². The van der Waals surface area contributed by atoms with E-state index in [2.05, 4.69) is 0 Å². The Morgan fingerprint density at radius 3 is 2.75 bits per heavy atom. The second-order valence-corrected chi connectivity index (χ2v) is 7.10. The Balaban J connectivity index is 2.37.